The lowest BCUT2D eigenvalue weighted by molar-refractivity contribution is 0.317. The average Bonchev–Trinajstić information content (AvgIpc) is 2.48. The van der Waals surface area contributed by atoms with Crippen molar-refractivity contribution in [3.8, 4) is 17.1 Å². The van der Waals surface area contributed by atoms with Gasteiger partial charge in [0.25, 0.3) is 0 Å². The molecule has 4 nitrogen and oxygen atoms in total. The molecule has 1 heterocycles. The minimum atomic E-state index is -0.417. The second kappa shape index (κ2) is 6.32. The quantitative estimate of drug-likeness (QED) is 0.908. The number of hydrogen-bond acceptors (Lipinski definition) is 4. The molecule has 1 N–H and O–H groups in total. The normalized spacial score (nSPS) is 10.4. The summed E-state index contributed by atoms with van der Waals surface area (Å²) in [7, 11) is 1.64. The van der Waals surface area contributed by atoms with E-state index in [1.807, 2.05) is 24.3 Å². The van der Waals surface area contributed by atoms with E-state index in [0.29, 0.717) is 18.1 Å². The molecule has 0 aliphatic carbocycles. The monoisotopic (exact) mass is 275 g/mol. The summed E-state index contributed by atoms with van der Waals surface area (Å²) in [6, 6.07) is 7.48. The summed E-state index contributed by atoms with van der Waals surface area (Å²) in [5.74, 6) is 1.09. The number of anilines is 1. The van der Waals surface area contributed by atoms with Gasteiger partial charge in [-0.2, -0.15) is 0 Å². The topological polar surface area (TPSA) is 47.0 Å². The van der Waals surface area contributed by atoms with Crippen molar-refractivity contribution in [2.75, 3.05) is 19.0 Å². The second-order valence-corrected chi connectivity index (χ2v) is 4.42. The third-order valence-electron chi connectivity index (χ3n) is 2.84. The fourth-order valence-corrected chi connectivity index (χ4v) is 1.77. The summed E-state index contributed by atoms with van der Waals surface area (Å²) in [5.41, 5.74) is 1.15. The predicted octanol–water partition coefficient (Wildman–Crippen LogP) is 3.42. The molecule has 5 heteroatoms. The molecule has 0 radical (unpaired) electrons. The van der Waals surface area contributed by atoms with Crippen LogP contribution in [-0.4, -0.2) is 23.6 Å². The molecule has 0 amide bonds. The number of nitrogens with zero attached hydrogens (tertiary/aromatic N) is 2. The summed E-state index contributed by atoms with van der Waals surface area (Å²) in [5, 5.41) is 2.73. The van der Waals surface area contributed by atoms with E-state index in [1.54, 1.807) is 14.0 Å². The molecule has 0 fully saturated rings. The maximum atomic E-state index is 13.7. The van der Waals surface area contributed by atoms with Crippen LogP contribution >= 0.6 is 0 Å². The van der Waals surface area contributed by atoms with Gasteiger partial charge in [0.2, 0.25) is 0 Å². The highest BCUT2D eigenvalue weighted by Gasteiger charge is 2.11. The van der Waals surface area contributed by atoms with Gasteiger partial charge in [0.15, 0.2) is 17.5 Å². The lowest BCUT2D eigenvalue weighted by Gasteiger charge is -2.08. The first kappa shape index (κ1) is 14.2. The highest BCUT2D eigenvalue weighted by Crippen LogP contribution is 2.23. The molecule has 0 unspecified atom stereocenters. The van der Waals surface area contributed by atoms with E-state index in [0.717, 1.165) is 17.7 Å². The van der Waals surface area contributed by atoms with Crippen LogP contribution in [0.15, 0.2) is 24.3 Å². The number of halogens is 1. The molecule has 0 bridgehead atoms. The van der Waals surface area contributed by atoms with Gasteiger partial charge in [-0.05, 0) is 37.6 Å². The van der Waals surface area contributed by atoms with E-state index < -0.39 is 5.82 Å². The molecule has 0 atom stereocenters. The standard InChI is InChI=1S/C15H18FN3O/c1-4-9-20-12-7-5-11(6-8-12)14-18-10(2)13(16)15(17-3)19-14/h5-8H,4,9H2,1-3H3,(H,17,18,19). The minimum Gasteiger partial charge on any atom is -0.494 e. The number of benzene rings is 1. The molecule has 1 aromatic carbocycles. The van der Waals surface area contributed by atoms with Crippen molar-refractivity contribution < 1.29 is 9.13 Å². The van der Waals surface area contributed by atoms with Crippen molar-refractivity contribution in [1.82, 2.24) is 9.97 Å². The largest absolute Gasteiger partial charge is 0.494 e. The predicted molar refractivity (Wildman–Crippen MR) is 77.5 cm³/mol. The van der Waals surface area contributed by atoms with Crippen LogP contribution in [0.4, 0.5) is 10.2 Å². The van der Waals surface area contributed by atoms with E-state index >= 15 is 0 Å². The summed E-state index contributed by atoms with van der Waals surface area (Å²) >= 11 is 0. The Hall–Kier alpha value is -2.17. The molecule has 0 aliphatic heterocycles. The molecule has 0 spiro atoms. The number of ether oxygens (including phenoxy) is 1. The number of aryl methyl sites for hydroxylation is 1. The molecule has 0 saturated heterocycles. The number of rotatable bonds is 5. The van der Waals surface area contributed by atoms with Crippen molar-refractivity contribution in [1.29, 1.82) is 0 Å². The zero-order valence-electron chi connectivity index (χ0n) is 11.9. The summed E-state index contributed by atoms with van der Waals surface area (Å²) in [6.45, 7) is 4.37. The van der Waals surface area contributed by atoms with Crippen LogP contribution in [0.3, 0.4) is 0 Å². The molecule has 0 saturated carbocycles. The summed E-state index contributed by atoms with van der Waals surface area (Å²) < 4.78 is 19.2. The van der Waals surface area contributed by atoms with Gasteiger partial charge >= 0.3 is 0 Å². The molecular formula is C15H18FN3O. The lowest BCUT2D eigenvalue weighted by atomic mass is 10.2. The van der Waals surface area contributed by atoms with Gasteiger partial charge in [0.1, 0.15) is 5.75 Å². The Bertz CT molecular complexity index is 584. The molecule has 20 heavy (non-hydrogen) atoms. The van der Waals surface area contributed by atoms with E-state index in [2.05, 4.69) is 22.2 Å². The van der Waals surface area contributed by atoms with Gasteiger partial charge < -0.3 is 10.1 Å². The van der Waals surface area contributed by atoms with Crippen LogP contribution < -0.4 is 10.1 Å². The van der Waals surface area contributed by atoms with Crippen LogP contribution in [0, 0.1) is 12.7 Å². The summed E-state index contributed by atoms with van der Waals surface area (Å²) in [4.78, 5) is 8.35. The van der Waals surface area contributed by atoms with Crippen molar-refractivity contribution in [2.24, 2.45) is 0 Å². The van der Waals surface area contributed by atoms with E-state index in [9.17, 15) is 4.39 Å². The maximum Gasteiger partial charge on any atom is 0.186 e. The van der Waals surface area contributed by atoms with Crippen LogP contribution in [0.2, 0.25) is 0 Å². The summed E-state index contributed by atoms with van der Waals surface area (Å²) in [6.07, 6.45) is 0.966. The smallest absolute Gasteiger partial charge is 0.186 e. The number of aromatic nitrogens is 2. The van der Waals surface area contributed by atoms with Crippen LogP contribution in [0.25, 0.3) is 11.4 Å². The fraction of sp³-hybridized carbons (Fsp3) is 0.333. The van der Waals surface area contributed by atoms with Gasteiger partial charge in [0.05, 0.1) is 12.3 Å². The lowest BCUT2D eigenvalue weighted by Crippen LogP contribution is -2.03. The first-order valence-corrected chi connectivity index (χ1v) is 6.60. The number of hydrogen-bond donors (Lipinski definition) is 1. The molecular weight excluding hydrogens is 257 g/mol. The van der Waals surface area contributed by atoms with Crippen molar-refractivity contribution in [2.45, 2.75) is 20.3 Å². The molecule has 1 aromatic heterocycles. The Balaban J connectivity index is 2.29. The Kier molecular flexibility index (Phi) is 4.50. The average molecular weight is 275 g/mol. The van der Waals surface area contributed by atoms with Gasteiger partial charge in [-0.3, -0.25) is 0 Å². The first-order chi connectivity index (χ1) is 9.65. The Morgan fingerprint density at radius 3 is 2.50 bits per heavy atom. The zero-order chi connectivity index (χ0) is 14.5. The second-order valence-electron chi connectivity index (χ2n) is 4.42. The van der Waals surface area contributed by atoms with E-state index in [-0.39, 0.29) is 5.82 Å². The first-order valence-electron chi connectivity index (χ1n) is 6.60. The van der Waals surface area contributed by atoms with Crippen molar-refractivity contribution >= 4 is 5.82 Å². The molecule has 2 aromatic rings. The van der Waals surface area contributed by atoms with Gasteiger partial charge in [-0.15, -0.1) is 0 Å². The SMILES string of the molecule is CCCOc1ccc(-c2nc(C)c(F)c(NC)n2)cc1. The van der Waals surface area contributed by atoms with Crippen LogP contribution in [0.5, 0.6) is 5.75 Å². The number of nitrogens with one attached hydrogen (secondary N) is 1. The Labute approximate surface area is 118 Å². The molecule has 0 aliphatic rings. The van der Waals surface area contributed by atoms with Crippen molar-refractivity contribution in [3.05, 3.63) is 35.8 Å². The Morgan fingerprint density at radius 1 is 1.20 bits per heavy atom. The van der Waals surface area contributed by atoms with Gasteiger partial charge in [-0.25, -0.2) is 14.4 Å². The Morgan fingerprint density at radius 2 is 1.90 bits per heavy atom. The van der Waals surface area contributed by atoms with Crippen LogP contribution in [-0.2, 0) is 0 Å². The molecule has 106 valence electrons. The van der Waals surface area contributed by atoms with Gasteiger partial charge in [-0.1, -0.05) is 6.92 Å². The fourth-order valence-electron chi connectivity index (χ4n) is 1.77. The van der Waals surface area contributed by atoms with Crippen LogP contribution in [0.1, 0.15) is 19.0 Å². The molecule has 2 rings (SSSR count). The highest BCUT2D eigenvalue weighted by molar-refractivity contribution is 5.59. The minimum absolute atomic E-state index is 0.207. The van der Waals surface area contributed by atoms with E-state index in [4.69, 9.17) is 4.74 Å². The highest BCUT2D eigenvalue weighted by atomic mass is 19.1. The van der Waals surface area contributed by atoms with E-state index in [1.165, 1.54) is 0 Å². The van der Waals surface area contributed by atoms with Crippen molar-refractivity contribution in [3.63, 3.8) is 0 Å². The third kappa shape index (κ3) is 3.04. The maximum absolute atomic E-state index is 13.7. The van der Waals surface area contributed by atoms with Gasteiger partial charge in [0, 0.05) is 12.6 Å². The third-order valence-corrected chi connectivity index (χ3v) is 2.84. The zero-order valence-corrected chi connectivity index (χ0v) is 11.9.